The summed E-state index contributed by atoms with van der Waals surface area (Å²) < 4.78 is 5.29. The zero-order valence-electron chi connectivity index (χ0n) is 11.1. The Morgan fingerprint density at radius 2 is 2.17 bits per heavy atom. The van der Waals surface area contributed by atoms with Crippen LogP contribution >= 0.6 is 0 Å². The van der Waals surface area contributed by atoms with Gasteiger partial charge in [0.15, 0.2) is 5.69 Å². The molecule has 0 spiro atoms. The van der Waals surface area contributed by atoms with Crippen molar-refractivity contribution in [3.8, 4) is 0 Å². The van der Waals surface area contributed by atoms with Crippen molar-refractivity contribution in [1.29, 1.82) is 0 Å². The van der Waals surface area contributed by atoms with Gasteiger partial charge < -0.3 is 15.4 Å². The van der Waals surface area contributed by atoms with Gasteiger partial charge in [0.1, 0.15) is 5.82 Å². The first-order valence-corrected chi connectivity index (χ1v) is 6.13. The average molecular weight is 252 g/mol. The standard InChI is InChI=1S/C12H20N4O2/c1-4-13-12(17)10-6-7-11(16-15-10)14-9(3)8-18-5-2/h6-7,9H,4-5,8H2,1-3H3,(H,13,17)(H,14,16). The van der Waals surface area contributed by atoms with Crippen LogP contribution in [0.1, 0.15) is 31.3 Å². The van der Waals surface area contributed by atoms with Gasteiger partial charge in [-0.1, -0.05) is 0 Å². The highest BCUT2D eigenvalue weighted by Crippen LogP contribution is 2.04. The van der Waals surface area contributed by atoms with Crippen LogP contribution < -0.4 is 10.6 Å². The first kappa shape index (κ1) is 14.4. The first-order chi connectivity index (χ1) is 8.67. The van der Waals surface area contributed by atoms with Crippen molar-refractivity contribution in [3.05, 3.63) is 17.8 Å². The summed E-state index contributed by atoms with van der Waals surface area (Å²) in [5.41, 5.74) is 0.319. The van der Waals surface area contributed by atoms with Gasteiger partial charge in [0.2, 0.25) is 0 Å². The minimum atomic E-state index is -0.209. The maximum absolute atomic E-state index is 11.5. The van der Waals surface area contributed by atoms with Crippen LogP contribution in [0.25, 0.3) is 0 Å². The molecule has 0 radical (unpaired) electrons. The van der Waals surface area contributed by atoms with Crippen LogP contribution in [0, 0.1) is 0 Å². The number of hydrogen-bond acceptors (Lipinski definition) is 5. The second-order valence-corrected chi connectivity index (χ2v) is 3.87. The van der Waals surface area contributed by atoms with Crippen molar-refractivity contribution < 1.29 is 9.53 Å². The molecule has 1 unspecified atom stereocenters. The van der Waals surface area contributed by atoms with Crippen molar-refractivity contribution >= 4 is 11.7 Å². The summed E-state index contributed by atoms with van der Waals surface area (Å²) in [6.45, 7) is 7.68. The highest BCUT2D eigenvalue weighted by Gasteiger charge is 2.08. The van der Waals surface area contributed by atoms with E-state index in [1.807, 2.05) is 20.8 Å². The molecule has 0 fully saturated rings. The zero-order valence-corrected chi connectivity index (χ0v) is 11.1. The summed E-state index contributed by atoms with van der Waals surface area (Å²) in [5, 5.41) is 13.6. The number of carbonyl (C=O) groups excluding carboxylic acids is 1. The van der Waals surface area contributed by atoms with Gasteiger partial charge in [0.05, 0.1) is 6.61 Å². The Labute approximate surface area is 107 Å². The quantitative estimate of drug-likeness (QED) is 0.759. The topological polar surface area (TPSA) is 76.1 Å². The highest BCUT2D eigenvalue weighted by molar-refractivity contribution is 5.92. The zero-order chi connectivity index (χ0) is 13.4. The summed E-state index contributed by atoms with van der Waals surface area (Å²) in [4.78, 5) is 11.5. The molecule has 1 aromatic rings. The Morgan fingerprint density at radius 1 is 1.39 bits per heavy atom. The van der Waals surface area contributed by atoms with E-state index in [4.69, 9.17) is 4.74 Å². The third-order valence-electron chi connectivity index (χ3n) is 2.20. The van der Waals surface area contributed by atoms with E-state index in [-0.39, 0.29) is 11.9 Å². The summed E-state index contributed by atoms with van der Waals surface area (Å²) in [7, 11) is 0. The molecule has 0 aromatic carbocycles. The van der Waals surface area contributed by atoms with Gasteiger partial charge >= 0.3 is 0 Å². The number of amides is 1. The van der Waals surface area contributed by atoms with Crippen LogP contribution in [0.3, 0.4) is 0 Å². The van der Waals surface area contributed by atoms with E-state index < -0.39 is 0 Å². The van der Waals surface area contributed by atoms with Crippen molar-refractivity contribution in [2.45, 2.75) is 26.8 Å². The van der Waals surface area contributed by atoms with E-state index in [1.165, 1.54) is 0 Å². The Balaban J connectivity index is 2.52. The number of ether oxygens (including phenoxy) is 1. The lowest BCUT2D eigenvalue weighted by Gasteiger charge is -2.13. The molecule has 0 saturated carbocycles. The largest absolute Gasteiger partial charge is 0.380 e. The Bertz CT molecular complexity index is 367. The first-order valence-electron chi connectivity index (χ1n) is 6.13. The average Bonchev–Trinajstić information content (AvgIpc) is 2.37. The van der Waals surface area contributed by atoms with E-state index in [0.29, 0.717) is 31.3 Å². The maximum atomic E-state index is 11.5. The van der Waals surface area contributed by atoms with Crippen molar-refractivity contribution in [2.75, 3.05) is 25.1 Å². The van der Waals surface area contributed by atoms with Crippen molar-refractivity contribution in [3.63, 3.8) is 0 Å². The molecule has 1 heterocycles. The van der Waals surface area contributed by atoms with Crippen LogP contribution in [0.2, 0.25) is 0 Å². The van der Waals surface area contributed by atoms with Gasteiger partial charge in [-0.2, -0.15) is 0 Å². The van der Waals surface area contributed by atoms with E-state index in [2.05, 4.69) is 20.8 Å². The van der Waals surface area contributed by atoms with Gasteiger partial charge in [-0.05, 0) is 32.9 Å². The Kier molecular flexibility index (Phi) is 6.07. The van der Waals surface area contributed by atoms with Crippen molar-refractivity contribution in [2.24, 2.45) is 0 Å². The molecular weight excluding hydrogens is 232 g/mol. The number of nitrogens with zero attached hydrogens (tertiary/aromatic N) is 2. The smallest absolute Gasteiger partial charge is 0.271 e. The number of carbonyl (C=O) groups is 1. The van der Waals surface area contributed by atoms with E-state index in [0.717, 1.165) is 0 Å². The third-order valence-corrected chi connectivity index (χ3v) is 2.20. The lowest BCUT2D eigenvalue weighted by Crippen LogP contribution is -2.25. The lowest BCUT2D eigenvalue weighted by molar-refractivity contribution is 0.0950. The molecule has 2 N–H and O–H groups in total. The monoisotopic (exact) mass is 252 g/mol. The van der Waals surface area contributed by atoms with Gasteiger partial charge in [0, 0.05) is 19.2 Å². The molecule has 1 rings (SSSR count). The molecule has 1 aromatic heterocycles. The number of anilines is 1. The Morgan fingerprint density at radius 3 is 2.72 bits per heavy atom. The van der Waals surface area contributed by atoms with Crippen LogP contribution in [0.4, 0.5) is 5.82 Å². The molecule has 100 valence electrons. The molecule has 1 atom stereocenters. The summed E-state index contributed by atoms with van der Waals surface area (Å²) >= 11 is 0. The number of aromatic nitrogens is 2. The highest BCUT2D eigenvalue weighted by atomic mass is 16.5. The lowest BCUT2D eigenvalue weighted by atomic mass is 10.3. The molecule has 0 aliphatic heterocycles. The maximum Gasteiger partial charge on any atom is 0.271 e. The van der Waals surface area contributed by atoms with Gasteiger partial charge in [-0.3, -0.25) is 4.79 Å². The molecule has 6 nitrogen and oxygen atoms in total. The SMILES string of the molecule is CCNC(=O)c1ccc(NC(C)COCC)nn1. The molecule has 1 amide bonds. The minimum Gasteiger partial charge on any atom is -0.380 e. The fraction of sp³-hybridized carbons (Fsp3) is 0.583. The third kappa shape index (κ3) is 4.67. The second kappa shape index (κ2) is 7.60. The van der Waals surface area contributed by atoms with Gasteiger partial charge in [-0.25, -0.2) is 0 Å². The predicted octanol–water partition coefficient (Wildman–Crippen LogP) is 1.06. The van der Waals surface area contributed by atoms with Crippen LogP contribution in [-0.2, 0) is 4.74 Å². The summed E-state index contributed by atoms with van der Waals surface area (Å²) in [6, 6.07) is 3.53. The summed E-state index contributed by atoms with van der Waals surface area (Å²) in [5.74, 6) is 0.425. The number of rotatable bonds is 7. The van der Waals surface area contributed by atoms with Gasteiger partial charge in [0.25, 0.3) is 5.91 Å². The molecular formula is C12H20N4O2. The van der Waals surface area contributed by atoms with Gasteiger partial charge in [-0.15, -0.1) is 10.2 Å². The van der Waals surface area contributed by atoms with Crippen LogP contribution in [0.15, 0.2) is 12.1 Å². The second-order valence-electron chi connectivity index (χ2n) is 3.87. The fourth-order valence-corrected chi connectivity index (χ4v) is 1.37. The van der Waals surface area contributed by atoms with E-state index in [9.17, 15) is 4.79 Å². The molecule has 0 aliphatic carbocycles. The Hall–Kier alpha value is -1.69. The molecule has 18 heavy (non-hydrogen) atoms. The number of nitrogens with one attached hydrogen (secondary N) is 2. The summed E-state index contributed by atoms with van der Waals surface area (Å²) in [6.07, 6.45) is 0. The molecule has 0 bridgehead atoms. The van der Waals surface area contributed by atoms with Crippen molar-refractivity contribution in [1.82, 2.24) is 15.5 Å². The van der Waals surface area contributed by atoms with Crippen LogP contribution in [0.5, 0.6) is 0 Å². The fourth-order valence-electron chi connectivity index (χ4n) is 1.37. The van der Waals surface area contributed by atoms with E-state index >= 15 is 0 Å². The normalized spacial score (nSPS) is 11.9. The minimum absolute atomic E-state index is 0.148. The van der Waals surface area contributed by atoms with Crippen LogP contribution in [-0.4, -0.2) is 41.9 Å². The molecule has 0 saturated heterocycles. The molecule has 0 aliphatic rings. The van der Waals surface area contributed by atoms with E-state index in [1.54, 1.807) is 12.1 Å². The number of hydrogen-bond donors (Lipinski definition) is 2. The predicted molar refractivity (Wildman–Crippen MR) is 69.6 cm³/mol. The molecule has 6 heteroatoms.